The van der Waals surface area contributed by atoms with E-state index in [9.17, 15) is 21.6 Å². The molecular weight excluding hydrogens is 295 g/mol. The molecule has 1 heterocycles. The lowest BCUT2D eigenvalue weighted by Gasteiger charge is -2.10. The van der Waals surface area contributed by atoms with E-state index in [1.165, 1.54) is 25.4 Å². The molecule has 114 valence electrons. The fourth-order valence-electron chi connectivity index (χ4n) is 1.53. The maximum absolute atomic E-state index is 12.0. The molecule has 0 aromatic carbocycles. The molecule has 1 rings (SSSR count). The summed E-state index contributed by atoms with van der Waals surface area (Å²) in [6, 6.07) is 2.84. The molecule has 0 bridgehead atoms. The summed E-state index contributed by atoms with van der Waals surface area (Å²) in [6.07, 6.45) is -3.68. The van der Waals surface area contributed by atoms with Gasteiger partial charge in [0.15, 0.2) is 0 Å². The van der Waals surface area contributed by atoms with Gasteiger partial charge in [0.05, 0.1) is 0 Å². The number of anilines is 1. The van der Waals surface area contributed by atoms with Crippen molar-refractivity contribution in [3.05, 3.63) is 18.3 Å². The summed E-state index contributed by atoms with van der Waals surface area (Å²) in [7, 11) is -2.24. The SMILES string of the molecule is CNc1ncccc1S(=O)(=O)NCCCCC(F)(F)F. The summed E-state index contributed by atoms with van der Waals surface area (Å²) in [4.78, 5) is 3.83. The van der Waals surface area contributed by atoms with Crippen molar-refractivity contribution < 1.29 is 21.6 Å². The molecule has 1 aromatic heterocycles. The largest absolute Gasteiger partial charge is 0.389 e. The van der Waals surface area contributed by atoms with Crippen LogP contribution in [0.3, 0.4) is 0 Å². The molecule has 20 heavy (non-hydrogen) atoms. The lowest BCUT2D eigenvalue weighted by molar-refractivity contribution is -0.135. The van der Waals surface area contributed by atoms with Crippen LogP contribution in [0.5, 0.6) is 0 Å². The number of sulfonamides is 1. The van der Waals surface area contributed by atoms with Gasteiger partial charge in [-0.05, 0) is 25.0 Å². The maximum atomic E-state index is 12.0. The first kappa shape index (κ1) is 16.7. The quantitative estimate of drug-likeness (QED) is 0.757. The molecule has 0 fully saturated rings. The molecule has 0 aliphatic heterocycles. The van der Waals surface area contributed by atoms with Gasteiger partial charge < -0.3 is 5.32 Å². The second-order valence-electron chi connectivity index (χ2n) is 4.07. The summed E-state index contributed by atoms with van der Waals surface area (Å²) < 4.78 is 62.0. The van der Waals surface area contributed by atoms with Crippen molar-refractivity contribution in [3.8, 4) is 0 Å². The first-order valence-electron chi connectivity index (χ1n) is 5.95. The van der Waals surface area contributed by atoms with Crippen LogP contribution in [0.25, 0.3) is 0 Å². The number of aromatic nitrogens is 1. The third-order valence-corrected chi connectivity index (χ3v) is 3.97. The zero-order valence-electron chi connectivity index (χ0n) is 10.9. The van der Waals surface area contributed by atoms with Gasteiger partial charge in [-0.15, -0.1) is 0 Å². The molecule has 9 heteroatoms. The van der Waals surface area contributed by atoms with E-state index in [0.29, 0.717) is 0 Å². The van der Waals surface area contributed by atoms with Crippen molar-refractivity contribution in [2.24, 2.45) is 0 Å². The number of nitrogens with zero attached hydrogens (tertiary/aromatic N) is 1. The summed E-state index contributed by atoms with van der Waals surface area (Å²) in [6.45, 7) is -0.0452. The molecule has 0 aliphatic rings. The van der Waals surface area contributed by atoms with E-state index in [1.807, 2.05) is 0 Å². The van der Waals surface area contributed by atoms with Gasteiger partial charge >= 0.3 is 6.18 Å². The van der Waals surface area contributed by atoms with E-state index in [1.54, 1.807) is 0 Å². The molecule has 5 nitrogen and oxygen atoms in total. The molecule has 2 N–H and O–H groups in total. The van der Waals surface area contributed by atoms with Gasteiger partial charge in [-0.2, -0.15) is 13.2 Å². The molecular formula is C11H16F3N3O2S. The van der Waals surface area contributed by atoms with Gasteiger partial charge in [0.25, 0.3) is 0 Å². The average Bonchev–Trinajstić information content (AvgIpc) is 2.36. The molecule has 1 aromatic rings. The number of pyridine rings is 1. The monoisotopic (exact) mass is 311 g/mol. The Morgan fingerprint density at radius 3 is 2.60 bits per heavy atom. The Kier molecular flexibility index (Phi) is 5.75. The molecule has 0 unspecified atom stereocenters. The fourth-order valence-corrected chi connectivity index (χ4v) is 2.77. The molecule has 0 saturated heterocycles. The van der Waals surface area contributed by atoms with Crippen molar-refractivity contribution in [3.63, 3.8) is 0 Å². The molecule has 0 amide bonds. The van der Waals surface area contributed by atoms with Crippen LogP contribution < -0.4 is 10.0 Å². The van der Waals surface area contributed by atoms with E-state index < -0.39 is 22.6 Å². The van der Waals surface area contributed by atoms with Gasteiger partial charge in [-0.25, -0.2) is 18.1 Å². The van der Waals surface area contributed by atoms with Crippen LogP contribution in [-0.2, 0) is 10.0 Å². The number of unbranched alkanes of at least 4 members (excludes halogenated alkanes) is 1. The number of halogens is 3. The smallest absolute Gasteiger partial charge is 0.372 e. The summed E-state index contributed by atoms with van der Waals surface area (Å²) in [5.41, 5.74) is 0. The van der Waals surface area contributed by atoms with E-state index in [4.69, 9.17) is 0 Å². The number of hydrogen-bond donors (Lipinski definition) is 2. The Bertz CT molecular complexity index is 532. The minimum absolute atomic E-state index is 0.0293. The van der Waals surface area contributed by atoms with Gasteiger partial charge in [-0.1, -0.05) is 0 Å². The molecule has 0 aliphatic carbocycles. The van der Waals surface area contributed by atoms with Crippen LogP contribution in [0.1, 0.15) is 19.3 Å². The standard InChI is InChI=1S/C11H16F3N3O2S/c1-15-10-9(5-4-7-16-10)20(18,19)17-8-3-2-6-11(12,13)14/h4-5,7,17H,2-3,6,8H2,1H3,(H,15,16). The number of alkyl halides is 3. The van der Waals surface area contributed by atoms with Crippen LogP contribution in [0.15, 0.2) is 23.2 Å². The highest BCUT2D eigenvalue weighted by molar-refractivity contribution is 7.89. The summed E-state index contributed by atoms with van der Waals surface area (Å²) >= 11 is 0. The van der Waals surface area contributed by atoms with Crippen LogP contribution in [0, 0.1) is 0 Å². The zero-order chi connectivity index (χ0) is 15.2. The Labute approximate surface area is 115 Å². The van der Waals surface area contributed by atoms with Crippen LogP contribution >= 0.6 is 0 Å². The second-order valence-corrected chi connectivity index (χ2v) is 5.81. The van der Waals surface area contributed by atoms with E-state index in [-0.39, 0.29) is 30.1 Å². The normalized spacial score (nSPS) is 12.4. The zero-order valence-corrected chi connectivity index (χ0v) is 11.7. The van der Waals surface area contributed by atoms with Crippen molar-refractivity contribution in [1.29, 1.82) is 0 Å². The predicted octanol–water partition coefficient (Wildman–Crippen LogP) is 2.13. The van der Waals surface area contributed by atoms with Gasteiger partial charge in [-0.3, -0.25) is 0 Å². The van der Waals surface area contributed by atoms with Gasteiger partial charge in [0.2, 0.25) is 10.0 Å². The number of rotatable bonds is 7. The topological polar surface area (TPSA) is 71.1 Å². The highest BCUT2D eigenvalue weighted by Gasteiger charge is 2.26. The van der Waals surface area contributed by atoms with E-state index in [0.717, 1.165) is 0 Å². The van der Waals surface area contributed by atoms with Crippen LogP contribution in [0.2, 0.25) is 0 Å². The highest BCUT2D eigenvalue weighted by atomic mass is 32.2. The summed E-state index contributed by atoms with van der Waals surface area (Å²) in [5.74, 6) is 0.190. The lowest BCUT2D eigenvalue weighted by Crippen LogP contribution is -2.26. The maximum Gasteiger partial charge on any atom is 0.389 e. The fraction of sp³-hybridized carbons (Fsp3) is 0.545. The first-order chi connectivity index (χ1) is 9.26. The third-order valence-electron chi connectivity index (χ3n) is 2.48. The summed E-state index contributed by atoms with van der Waals surface area (Å²) in [5, 5.41) is 2.64. The van der Waals surface area contributed by atoms with Crippen molar-refractivity contribution in [2.45, 2.75) is 30.3 Å². The van der Waals surface area contributed by atoms with Crippen LogP contribution in [0.4, 0.5) is 19.0 Å². The number of hydrogen-bond acceptors (Lipinski definition) is 4. The van der Waals surface area contributed by atoms with Crippen molar-refractivity contribution in [1.82, 2.24) is 9.71 Å². The van der Waals surface area contributed by atoms with Crippen LogP contribution in [-0.4, -0.2) is 33.2 Å². The Morgan fingerprint density at radius 2 is 2.00 bits per heavy atom. The second kappa shape index (κ2) is 6.89. The van der Waals surface area contributed by atoms with Gasteiger partial charge in [0.1, 0.15) is 10.7 Å². The van der Waals surface area contributed by atoms with Gasteiger partial charge in [0, 0.05) is 26.2 Å². The minimum Gasteiger partial charge on any atom is -0.372 e. The third kappa shape index (κ3) is 5.33. The Morgan fingerprint density at radius 1 is 1.30 bits per heavy atom. The average molecular weight is 311 g/mol. The molecule has 0 spiro atoms. The Hall–Kier alpha value is -1.35. The van der Waals surface area contributed by atoms with E-state index in [2.05, 4.69) is 15.0 Å². The predicted molar refractivity (Wildman–Crippen MR) is 68.9 cm³/mol. The lowest BCUT2D eigenvalue weighted by atomic mass is 10.2. The molecule has 0 radical (unpaired) electrons. The molecule has 0 saturated carbocycles. The van der Waals surface area contributed by atoms with Crippen molar-refractivity contribution in [2.75, 3.05) is 18.9 Å². The highest BCUT2D eigenvalue weighted by Crippen LogP contribution is 2.22. The number of nitrogens with one attached hydrogen (secondary N) is 2. The Balaban J connectivity index is 2.54. The first-order valence-corrected chi connectivity index (χ1v) is 7.44. The van der Waals surface area contributed by atoms with E-state index >= 15 is 0 Å². The molecule has 0 atom stereocenters. The van der Waals surface area contributed by atoms with Crippen molar-refractivity contribution >= 4 is 15.8 Å². The minimum atomic E-state index is -4.21.